The van der Waals surface area contributed by atoms with Crippen molar-refractivity contribution in [3.05, 3.63) is 75.7 Å². The lowest BCUT2D eigenvalue weighted by molar-refractivity contribution is -0.385. The number of nitro groups is 1. The van der Waals surface area contributed by atoms with Crippen molar-refractivity contribution < 1.29 is 9.72 Å². The van der Waals surface area contributed by atoms with Crippen LogP contribution in [0.3, 0.4) is 0 Å². The van der Waals surface area contributed by atoms with E-state index in [2.05, 4.69) is 25.4 Å². The molecule has 1 amide bonds. The molecule has 0 atom stereocenters. The molecule has 9 heteroatoms. The summed E-state index contributed by atoms with van der Waals surface area (Å²) in [6, 6.07) is 12.4. The highest BCUT2D eigenvalue weighted by Gasteiger charge is 2.10. The Morgan fingerprint density at radius 2 is 1.93 bits per heavy atom. The first-order chi connectivity index (χ1) is 13.8. The second-order valence-corrected chi connectivity index (χ2v) is 6.42. The molecule has 3 aromatic rings. The van der Waals surface area contributed by atoms with Gasteiger partial charge in [-0.3, -0.25) is 20.3 Å². The summed E-state index contributed by atoms with van der Waals surface area (Å²) in [5.74, 6) is 0.300. The van der Waals surface area contributed by atoms with Crippen LogP contribution in [0.25, 0.3) is 5.69 Å². The predicted molar refractivity (Wildman–Crippen MR) is 112 cm³/mol. The van der Waals surface area contributed by atoms with Gasteiger partial charge >= 0.3 is 0 Å². The molecule has 0 radical (unpaired) electrons. The number of rotatable bonds is 6. The van der Waals surface area contributed by atoms with E-state index in [1.807, 2.05) is 44.2 Å². The predicted octanol–water partition coefficient (Wildman–Crippen LogP) is 3.80. The van der Waals surface area contributed by atoms with Crippen molar-refractivity contribution >= 4 is 29.3 Å². The van der Waals surface area contributed by atoms with E-state index >= 15 is 0 Å². The summed E-state index contributed by atoms with van der Waals surface area (Å²) in [5.41, 5.74) is 7.35. The van der Waals surface area contributed by atoms with Crippen LogP contribution in [-0.4, -0.2) is 26.6 Å². The van der Waals surface area contributed by atoms with Crippen molar-refractivity contribution in [1.82, 2.24) is 9.55 Å². The summed E-state index contributed by atoms with van der Waals surface area (Å²) >= 11 is 0. The van der Waals surface area contributed by atoms with E-state index in [0.29, 0.717) is 5.82 Å². The fourth-order valence-corrected chi connectivity index (χ4v) is 2.94. The molecule has 2 heterocycles. The Kier molecular flexibility index (Phi) is 5.68. The van der Waals surface area contributed by atoms with Gasteiger partial charge in [-0.25, -0.2) is 4.98 Å². The molecule has 0 aliphatic rings. The van der Waals surface area contributed by atoms with Crippen molar-refractivity contribution in [2.24, 2.45) is 5.10 Å². The molecule has 0 bridgehead atoms. The standard InChI is InChI=1S/C20H20N6O3/c1-13-10-16(11-22-24-20-9-8-19(12-21-20)26(28)29)14(2)25(13)18-6-4-17(5-7-18)23-15(3)27/h4-12H,1-3H3,(H,21,24)(H,23,27)/b22-11-. The monoisotopic (exact) mass is 392 g/mol. The molecule has 0 saturated carbocycles. The number of nitrogens with zero attached hydrogens (tertiary/aromatic N) is 4. The first-order valence-electron chi connectivity index (χ1n) is 8.81. The van der Waals surface area contributed by atoms with Crippen molar-refractivity contribution in [3.63, 3.8) is 0 Å². The van der Waals surface area contributed by atoms with Crippen molar-refractivity contribution in [3.8, 4) is 5.69 Å². The van der Waals surface area contributed by atoms with Gasteiger partial charge in [0.25, 0.3) is 5.69 Å². The fourth-order valence-electron chi connectivity index (χ4n) is 2.94. The van der Waals surface area contributed by atoms with Crippen LogP contribution in [0, 0.1) is 24.0 Å². The zero-order valence-electron chi connectivity index (χ0n) is 16.2. The van der Waals surface area contributed by atoms with E-state index in [-0.39, 0.29) is 11.6 Å². The van der Waals surface area contributed by atoms with Gasteiger partial charge in [0.2, 0.25) is 5.91 Å². The first kappa shape index (κ1) is 19.7. The Bertz CT molecular complexity index is 1070. The van der Waals surface area contributed by atoms with Crippen LogP contribution in [0.4, 0.5) is 17.2 Å². The van der Waals surface area contributed by atoms with Gasteiger partial charge in [-0.15, -0.1) is 0 Å². The summed E-state index contributed by atoms with van der Waals surface area (Å²) < 4.78 is 2.09. The molecule has 2 N–H and O–H groups in total. The highest BCUT2D eigenvalue weighted by atomic mass is 16.6. The second-order valence-electron chi connectivity index (χ2n) is 6.42. The number of hydrogen-bond donors (Lipinski definition) is 2. The van der Waals surface area contributed by atoms with Gasteiger partial charge in [0, 0.05) is 41.3 Å². The van der Waals surface area contributed by atoms with Gasteiger partial charge in [-0.1, -0.05) is 0 Å². The molecule has 9 nitrogen and oxygen atoms in total. The maximum Gasteiger partial charge on any atom is 0.287 e. The van der Waals surface area contributed by atoms with Gasteiger partial charge < -0.3 is 9.88 Å². The molecule has 0 aliphatic carbocycles. The number of amides is 1. The third-order valence-corrected chi connectivity index (χ3v) is 4.26. The number of carbonyl (C=O) groups is 1. The second kappa shape index (κ2) is 8.34. The molecule has 0 fully saturated rings. The van der Waals surface area contributed by atoms with E-state index in [1.54, 1.807) is 6.21 Å². The zero-order chi connectivity index (χ0) is 21.0. The largest absolute Gasteiger partial charge is 0.326 e. The summed E-state index contributed by atoms with van der Waals surface area (Å²) in [6.45, 7) is 5.46. The quantitative estimate of drug-likeness (QED) is 0.376. The topological polar surface area (TPSA) is 114 Å². The van der Waals surface area contributed by atoms with E-state index in [9.17, 15) is 14.9 Å². The minimum atomic E-state index is -0.502. The van der Waals surface area contributed by atoms with Crippen LogP contribution < -0.4 is 10.7 Å². The molecule has 3 rings (SSSR count). The third kappa shape index (κ3) is 4.64. The summed E-state index contributed by atoms with van der Waals surface area (Å²) in [7, 11) is 0. The lowest BCUT2D eigenvalue weighted by Gasteiger charge is -2.10. The number of aromatic nitrogens is 2. The summed E-state index contributed by atoms with van der Waals surface area (Å²) in [5, 5.41) is 17.6. The number of aryl methyl sites for hydroxylation is 1. The number of hydrogen-bond acceptors (Lipinski definition) is 6. The van der Waals surface area contributed by atoms with E-state index < -0.39 is 4.92 Å². The Hall–Kier alpha value is -4.01. The number of anilines is 2. The van der Waals surface area contributed by atoms with Crippen LogP contribution in [0.1, 0.15) is 23.9 Å². The minimum absolute atomic E-state index is 0.0763. The number of pyridine rings is 1. The highest BCUT2D eigenvalue weighted by Crippen LogP contribution is 2.21. The molecule has 1 aromatic carbocycles. The Morgan fingerprint density at radius 3 is 2.52 bits per heavy atom. The van der Waals surface area contributed by atoms with Gasteiger partial charge in [0.15, 0.2) is 0 Å². The Balaban J connectivity index is 1.75. The van der Waals surface area contributed by atoms with E-state index in [4.69, 9.17) is 0 Å². The van der Waals surface area contributed by atoms with Crippen molar-refractivity contribution in [2.75, 3.05) is 10.7 Å². The fraction of sp³-hybridized carbons (Fsp3) is 0.150. The molecule has 148 valence electrons. The highest BCUT2D eigenvalue weighted by molar-refractivity contribution is 5.88. The lowest BCUT2D eigenvalue weighted by atomic mass is 10.2. The molecular weight excluding hydrogens is 372 g/mol. The lowest BCUT2D eigenvalue weighted by Crippen LogP contribution is -2.06. The van der Waals surface area contributed by atoms with Crippen molar-refractivity contribution in [2.45, 2.75) is 20.8 Å². The molecule has 0 aliphatic heterocycles. The van der Waals surface area contributed by atoms with Crippen molar-refractivity contribution in [1.29, 1.82) is 0 Å². The molecular formula is C20H20N6O3. The van der Waals surface area contributed by atoms with Gasteiger partial charge in [0.05, 0.1) is 11.1 Å². The Labute approximate surface area is 167 Å². The Morgan fingerprint density at radius 1 is 1.21 bits per heavy atom. The third-order valence-electron chi connectivity index (χ3n) is 4.26. The summed E-state index contributed by atoms with van der Waals surface area (Å²) in [6.07, 6.45) is 2.85. The van der Waals surface area contributed by atoms with Crippen LogP contribution in [0.5, 0.6) is 0 Å². The average Bonchev–Trinajstić information content (AvgIpc) is 2.96. The van der Waals surface area contributed by atoms with E-state index in [1.165, 1.54) is 25.3 Å². The van der Waals surface area contributed by atoms with Gasteiger partial charge in [0.1, 0.15) is 12.0 Å². The van der Waals surface area contributed by atoms with Crippen LogP contribution in [-0.2, 0) is 4.79 Å². The number of nitrogens with one attached hydrogen (secondary N) is 2. The van der Waals surface area contributed by atoms with Crippen LogP contribution >= 0.6 is 0 Å². The minimum Gasteiger partial charge on any atom is -0.326 e. The molecule has 2 aromatic heterocycles. The van der Waals surface area contributed by atoms with Gasteiger partial charge in [-0.2, -0.15) is 5.10 Å². The van der Waals surface area contributed by atoms with Gasteiger partial charge in [-0.05, 0) is 50.2 Å². The first-order valence-corrected chi connectivity index (χ1v) is 8.81. The average molecular weight is 392 g/mol. The van der Waals surface area contributed by atoms with E-state index in [0.717, 1.165) is 28.3 Å². The smallest absolute Gasteiger partial charge is 0.287 e. The number of carbonyl (C=O) groups excluding carboxylic acids is 1. The number of benzene rings is 1. The zero-order valence-corrected chi connectivity index (χ0v) is 16.2. The molecule has 0 unspecified atom stereocenters. The molecule has 0 saturated heterocycles. The van der Waals surface area contributed by atoms with Crippen LogP contribution in [0.2, 0.25) is 0 Å². The normalized spacial score (nSPS) is 10.9. The SMILES string of the molecule is CC(=O)Nc1ccc(-n2c(C)cc(/C=N\Nc3ccc([N+](=O)[O-])cn3)c2C)cc1. The van der Waals surface area contributed by atoms with Crippen LogP contribution in [0.15, 0.2) is 53.8 Å². The molecule has 0 spiro atoms. The molecule has 29 heavy (non-hydrogen) atoms. The number of hydrazone groups is 1. The summed E-state index contributed by atoms with van der Waals surface area (Å²) in [4.78, 5) is 25.3. The maximum absolute atomic E-state index is 11.2. The maximum atomic E-state index is 11.2.